The fourth-order valence-corrected chi connectivity index (χ4v) is 3.17. The van der Waals surface area contributed by atoms with Crippen LogP contribution in [0.5, 0.6) is 0 Å². The molecule has 0 aromatic rings. The van der Waals surface area contributed by atoms with Crippen LogP contribution in [0.15, 0.2) is 24.3 Å². The molecule has 1 aliphatic carbocycles. The van der Waals surface area contributed by atoms with Crippen LogP contribution in [0.4, 0.5) is 0 Å². The van der Waals surface area contributed by atoms with Gasteiger partial charge in [-0.15, -0.1) is 0 Å². The molecular formula is C20H36. The molecular weight excluding hydrogens is 240 g/mol. The molecule has 0 aromatic heterocycles. The van der Waals surface area contributed by atoms with E-state index in [4.69, 9.17) is 0 Å². The average Bonchev–Trinajstić information content (AvgIpc) is 2.47. The van der Waals surface area contributed by atoms with Gasteiger partial charge in [0.15, 0.2) is 0 Å². The first-order valence-corrected chi connectivity index (χ1v) is 9.25. The second-order valence-corrected chi connectivity index (χ2v) is 6.47. The summed E-state index contributed by atoms with van der Waals surface area (Å²) in [5.41, 5.74) is 1.49. The summed E-state index contributed by atoms with van der Waals surface area (Å²) in [7, 11) is 0. The Morgan fingerprint density at radius 2 is 1.00 bits per heavy atom. The molecule has 0 heteroatoms. The highest BCUT2D eigenvalue weighted by Crippen LogP contribution is 2.17. The average molecular weight is 277 g/mol. The molecule has 116 valence electrons. The number of rotatable bonds is 1. The van der Waals surface area contributed by atoms with Gasteiger partial charge in [-0.05, 0) is 25.7 Å². The van der Waals surface area contributed by atoms with Crippen molar-refractivity contribution in [1.82, 2.24) is 0 Å². The van der Waals surface area contributed by atoms with Gasteiger partial charge in [-0.2, -0.15) is 0 Å². The monoisotopic (exact) mass is 276 g/mol. The largest absolute Gasteiger partial charge is 0.0988 e. The van der Waals surface area contributed by atoms with E-state index in [0.717, 1.165) is 0 Å². The summed E-state index contributed by atoms with van der Waals surface area (Å²) in [6.07, 6.45) is 27.2. The second-order valence-electron chi connectivity index (χ2n) is 6.47. The molecule has 0 unspecified atom stereocenters. The fraction of sp³-hybridized carbons (Fsp3) is 0.800. The van der Waals surface area contributed by atoms with E-state index in [2.05, 4.69) is 18.7 Å². The van der Waals surface area contributed by atoms with Crippen LogP contribution in [-0.4, -0.2) is 0 Å². The van der Waals surface area contributed by atoms with Gasteiger partial charge < -0.3 is 0 Å². The van der Waals surface area contributed by atoms with Gasteiger partial charge in [0.05, 0.1) is 0 Å². The van der Waals surface area contributed by atoms with E-state index in [-0.39, 0.29) is 0 Å². The van der Waals surface area contributed by atoms with E-state index in [1.165, 1.54) is 108 Å². The van der Waals surface area contributed by atoms with Crippen molar-refractivity contribution in [3.63, 3.8) is 0 Å². The van der Waals surface area contributed by atoms with E-state index >= 15 is 0 Å². The van der Waals surface area contributed by atoms with Crippen LogP contribution in [0.3, 0.4) is 0 Å². The van der Waals surface area contributed by atoms with Gasteiger partial charge in [0.25, 0.3) is 0 Å². The summed E-state index contributed by atoms with van der Waals surface area (Å²) in [5, 5.41) is 0. The Bertz CT molecular complexity index is 249. The van der Waals surface area contributed by atoms with Gasteiger partial charge in [-0.1, -0.05) is 101 Å². The molecule has 0 N–H and O–H groups in total. The topological polar surface area (TPSA) is 0 Å². The highest BCUT2D eigenvalue weighted by atomic mass is 14.0. The fourth-order valence-electron chi connectivity index (χ4n) is 3.17. The van der Waals surface area contributed by atoms with E-state index in [1.54, 1.807) is 0 Å². The lowest BCUT2D eigenvalue weighted by Gasteiger charge is -2.06. The van der Waals surface area contributed by atoms with Crippen LogP contribution in [0, 0.1) is 0 Å². The maximum atomic E-state index is 3.97. The zero-order valence-corrected chi connectivity index (χ0v) is 13.7. The smallest absolute Gasteiger partial charge is 0.0282 e. The molecule has 1 rings (SSSR count). The maximum Gasteiger partial charge on any atom is -0.0282 e. The quantitative estimate of drug-likeness (QED) is 0.469. The molecule has 0 atom stereocenters. The molecule has 0 aliphatic heterocycles. The third-order valence-corrected chi connectivity index (χ3v) is 4.59. The molecule has 20 heavy (non-hydrogen) atoms. The molecule has 0 amide bonds. The Balaban J connectivity index is 2.24. The first-order valence-electron chi connectivity index (χ1n) is 9.25. The highest BCUT2D eigenvalue weighted by molar-refractivity contribution is 5.15. The van der Waals surface area contributed by atoms with E-state index < -0.39 is 0 Å². The Morgan fingerprint density at radius 3 is 1.45 bits per heavy atom. The zero-order chi connectivity index (χ0) is 14.3. The van der Waals surface area contributed by atoms with Gasteiger partial charge in [-0.25, -0.2) is 0 Å². The summed E-state index contributed by atoms with van der Waals surface area (Å²) in [6.45, 7) is 3.97. The van der Waals surface area contributed by atoms with Gasteiger partial charge in [0, 0.05) is 0 Å². The Hall–Kier alpha value is -0.520. The van der Waals surface area contributed by atoms with Crippen molar-refractivity contribution >= 4 is 0 Å². The second kappa shape index (κ2) is 13.5. The number of hydrogen-bond acceptors (Lipinski definition) is 0. The van der Waals surface area contributed by atoms with Crippen molar-refractivity contribution in [1.29, 1.82) is 0 Å². The van der Waals surface area contributed by atoms with Crippen LogP contribution in [0.1, 0.15) is 103 Å². The molecule has 0 radical (unpaired) electrons. The molecule has 0 aromatic carbocycles. The van der Waals surface area contributed by atoms with Gasteiger partial charge in [0.1, 0.15) is 0 Å². The van der Waals surface area contributed by atoms with Crippen molar-refractivity contribution in [3.8, 4) is 0 Å². The van der Waals surface area contributed by atoms with Gasteiger partial charge in [0.2, 0.25) is 0 Å². The normalized spacial score (nSPS) is 22.3. The molecule has 0 spiro atoms. The Morgan fingerprint density at radius 1 is 0.600 bits per heavy atom. The van der Waals surface area contributed by atoms with E-state index in [0.29, 0.717) is 0 Å². The molecule has 1 aliphatic rings. The molecule has 0 saturated heterocycles. The molecule has 0 saturated carbocycles. The third-order valence-electron chi connectivity index (χ3n) is 4.59. The van der Waals surface area contributed by atoms with Crippen LogP contribution in [0.25, 0.3) is 0 Å². The Kier molecular flexibility index (Phi) is 11.8. The van der Waals surface area contributed by atoms with Gasteiger partial charge >= 0.3 is 0 Å². The lowest BCUT2D eigenvalue weighted by Crippen LogP contribution is -1.86. The molecule has 0 bridgehead atoms. The van der Waals surface area contributed by atoms with Crippen molar-refractivity contribution in [2.24, 2.45) is 0 Å². The summed E-state index contributed by atoms with van der Waals surface area (Å²) in [4.78, 5) is 0. The van der Waals surface area contributed by atoms with Crippen LogP contribution < -0.4 is 0 Å². The third kappa shape index (κ3) is 10.3. The first kappa shape index (κ1) is 17.5. The predicted octanol–water partition coefficient (Wildman–Crippen LogP) is 7.35. The minimum atomic E-state index is 1.25. The number of allylic oxidation sites excluding steroid dienone is 3. The number of hydrogen-bond donors (Lipinski definition) is 0. The Labute approximate surface area is 127 Å². The summed E-state index contributed by atoms with van der Waals surface area (Å²) >= 11 is 0. The lowest BCUT2D eigenvalue weighted by molar-refractivity contribution is 0.532. The molecule has 0 heterocycles. The highest BCUT2D eigenvalue weighted by Gasteiger charge is 1.97. The van der Waals surface area contributed by atoms with Crippen molar-refractivity contribution < 1.29 is 0 Å². The van der Waals surface area contributed by atoms with Gasteiger partial charge in [-0.3, -0.25) is 0 Å². The van der Waals surface area contributed by atoms with Crippen LogP contribution >= 0.6 is 0 Å². The summed E-state index contributed by atoms with van der Waals surface area (Å²) in [5.74, 6) is 0. The van der Waals surface area contributed by atoms with E-state index in [9.17, 15) is 0 Å². The van der Waals surface area contributed by atoms with Crippen molar-refractivity contribution in [2.75, 3.05) is 0 Å². The van der Waals surface area contributed by atoms with Crippen molar-refractivity contribution in [2.45, 2.75) is 103 Å². The zero-order valence-electron chi connectivity index (χ0n) is 13.7. The van der Waals surface area contributed by atoms with E-state index in [1.807, 2.05) is 0 Å². The lowest BCUT2D eigenvalue weighted by atomic mass is 10.0. The predicted molar refractivity (Wildman–Crippen MR) is 92.2 cm³/mol. The first-order chi connectivity index (χ1) is 9.93. The minimum Gasteiger partial charge on any atom is -0.0988 e. The van der Waals surface area contributed by atoms with Crippen LogP contribution in [0.2, 0.25) is 0 Å². The summed E-state index contributed by atoms with van der Waals surface area (Å²) < 4.78 is 0. The van der Waals surface area contributed by atoms with Crippen LogP contribution in [-0.2, 0) is 0 Å². The SMILES string of the molecule is C=CC1=CCCCCCCCCCCCCCCCC1. The van der Waals surface area contributed by atoms with Crippen molar-refractivity contribution in [3.05, 3.63) is 24.3 Å². The summed E-state index contributed by atoms with van der Waals surface area (Å²) in [6, 6.07) is 0. The maximum absolute atomic E-state index is 3.97. The minimum absolute atomic E-state index is 1.25. The standard InChI is InChI=1S/C20H36/c1-2-20-18-16-14-12-10-8-6-4-3-5-7-9-11-13-15-17-19-20/h2,18H,1,3-17,19H2. The molecule has 0 nitrogen and oxygen atoms in total. The molecule has 0 fully saturated rings.